The lowest BCUT2D eigenvalue weighted by Crippen LogP contribution is -2.39. The first kappa shape index (κ1) is 25.8. The Kier molecular flexibility index (Phi) is 7.49. The van der Waals surface area contributed by atoms with Crippen LogP contribution in [0.4, 0.5) is 5.95 Å². The molecule has 0 radical (unpaired) electrons. The zero-order chi connectivity index (χ0) is 27.4. The van der Waals surface area contributed by atoms with E-state index in [9.17, 15) is 9.59 Å². The summed E-state index contributed by atoms with van der Waals surface area (Å²) < 4.78 is 17.6. The van der Waals surface area contributed by atoms with Crippen molar-refractivity contribution >= 4 is 17.8 Å². The van der Waals surface area contributed by atoms with E-state index in [1.807, 2.05) is 59.3 Å². The number of amides is 2. The first-order chi connectivity index (χ1) is 19.0. The molecule has 4 aromatic rings. The number of anilines is 1. The Morgan fingerprint density at radius 1 is 0.897 bits per heavy atom. The molecule has 0 bridgehead atoms. The van der Waals surface area contributed by atoms with Gasteiger partial charge < -0.3 is 19.1 Å². The average molecular weight is 527 g/mol. The number of methoxy groups -OCH3 is 3. The molecule has 1 aliphatic carbocycles. The highest BCUT2D eigenvalue weighted by atomic mass is 16.5. The van der Waals surface area contributed by atoms with E-state index < -0.39 is 0 Å². The molecule has 5 rings (SSSR count). The Morgan fingerprint density at radius 3 is 2.15 bits per heavy atom. The van der Waals surface area contributed by atoms with E-state index >= 15 is 0 Å². The van der Waals surface area contributed by atoms with Gasteiger partial charge in [0, 0.05) is 29.1 Å². The number of nitrogens with one attached hydrogen (secondary N) is 1. The molecule has 1 saturated carbocycles. The summed E-state index contributed by atoms with van der Waals surface area (Å²) in [5, 5.41) is 2.93. The molecule has 0 atom stereocenters. The molecular formula is C30H30N4O5. The third-order valence-electron chi connectivity index (χ3n) is 6.57. The number of hydrogen-bond acceptors (Lipinski definition) is 6. The fourth-order valence-electron chi connectivity index (χ4n) is 4.30. The van der Waals surface area contributed by atoms with Gasteiger partial charge in [0.25, 0.3) is 5.91 Å². The maximum Gasteiger partial charge on any atom is 0.254 e. The topological polar surface area (TPSA) is 94.9 Å². The minimum Gasteiger partial charge on any atom is -0.497 e. The van der Waals surface area contributed by atoms with Crippen molar-refractivity contribution < 1.29 is 23.8 Å². The zero-order valence-electron chi connectivity index (χ0n) is 22.1. The minimum atomic E-state index is -0.334. The number of carbonyl (C=O) groups excluding carboxylic acids is 2. The third-order valence-corrected chi connectivity index (χ3v) is 6.57. The molecule has 0 aliphatic heterocycles. The van der Waals surface area contributed by atoms with Gasteiger partial charge in [-0.15, -0.1) is 0 Å². The molecular weight excluding hydrogens is 496 g/mol. The van der Waals surface area contributed by atoms with Gasteiger partial charge in [0.2, 0.25) is 11.9 Å². The Morgan fingerprint density at radius 2 is 1.54 bits per heavy atom. The van der Waals surface area contributed by atoms with E-state index in [1.54, 1.807) is 50.5 Å². The van der Waals surface area contributed by atoms with E-state index in [0.29, 0.717) is 23.0 Å². The zero-order valence-corrected chi connectivity index (χ0v) is 22.1. The Balaban J connectivity index is 1.41. The molecule has 2 amide bonds. The van der Waals surface area contributed by atoms with Gasteiger partial charge in [-0.3, -0.25) is 19.5 Å². The second-order valence-electron chi connectivity index (χ2n) is 9.19. The number of ether oxygens (including phenoxy) is 3. The van der Waals surface area contributed by atoms with Crippen molar-refractivity contribution in [2.24, 2.45) is 0 Å². The van der Waals surface area contributed by atoms with E-state index in [4.69, 9.17) is 19.2 Å². The van der Waals surface area contributed by atoms with Crippen molar-refractivity contribution in [1.29, 1.82) is 0 Å². The number of hydrogen-bond donors (Lipinski definition) is 1. The second kappa shape index (κ2) is 11.3. The monoisotopic (exact) mass is 526 g/mol. The molecule has 1 aliphatic rings. The number of aromatic nitrogens is 2. The number of imidazole rings is 1. The summed E-state index contributed by atoms with van der Waals surface area (Å²) in [6.07, 6.45) is 3.59. The number of benzene rings is 3. The molecule has 1 N–H and O–H groups in total. The number of nitrogens with zero attached hydrogens (tertiary/aromatic N) is 3. The third kappa shape index (κ3) is 5.87. The number of rotatable bonds is 10. The molecule has 0 spiro atoms. The van der Waals surface area contributed by atoms with Gasteiger partial charge in [-0.2, -0.15) is 0 Å². The van der Waals surface area contributed by atoms with Crippen molar-refractivity contribution in [1.82, 2.24) is 14.5 Å². The van der Waals surface area contributed by atoms with Crippen LogP contribution < -0.4 is 19.5 Å². The summed E-state index contributed by atoms with van der Waals surface area (Å²) in [6.45, 7) is -0.0892. The lowest BCUT2D eigenvalue weighted by molar-refractivity contribution is -0.117. The van der Waals surface area contributed by atoms with Crippen LogP contribution >= 0.6 is 0 Å². The minimum absolute atomic E-state index is 0.0330. The van der Waals surface area contributed by atoms with E-state index in [-0.39, 0.29) is 24.4 Å². The molecule has 9 heteroatoms. The van der Waals surface area contributed by atoms with Crippen molar-refractivity contribution in [3.8, 4) is 34.2 Å². The van der Waals surface area contributed by atoms with Crippen molar-refractivity contribution in [3.05, 3.63) is 84.6 Å². The van der Waals surface area contributed by atoms with Crippen LogP contribution in [0.1, 0.15) is 23.2 Å². The van der Waals surface area contributed by atoms with Gasteiger partial charge in [0.1, 0.15) is 23.8 Å². The van der Waals surface area contributed by atoms with Crippen LogP contribution in [0.25, 0.3) is 16.9 Å². The molecule has 1 aromatic heterocycles. The summed E-state index contributed by atoms with van der Waals surface area (Å²) in [7, 11) is 4.78. The van der Waals surface area contributed by atoms with E-state index in [2.05, 4.69) is 5.32 Å². The summed E-state index contributed by atoms with van der Waals surface area (Å²) in [4.78, 5) is 33.0. The van der Waals surface area contributed by atoms with Gasteiger partial charge in [-0.05, 0) is 79.6 Å². The average Bonchev–Trinajstić information content (AvgIpc) is 3.75. The van der Waals surface area contributed by atoms with E-state index in [0.717, 1.165) is 35.6 Å². The van der Waals surface area contributed by atoms with Gasteiger partial charge in [-0.25, -0.2) is 4.98 Å². The van der Waals surface area contributed by atoms with Crippen molar-refractivity contribution in [2.75, 3.05) is 33.2 Å². The van der Waals surface area contributed by atoms with Gasteiger partial charge in [0.05, 0.1) is 27.0 Å². The summed E-state index contributed by atoms with van der Waals surface area (Å²) in [5.41, 5.74) is 2.82. The molecule has 1 fully saturated rings. The van der Waals surface area contributed by atoms with Crippen LogP contribution in [0.3, 0.4) is 0 Å². The lowest BCUT2D eigenvalue weighted by atomic mass is 10.1. The molecule has 9 nitrogen and oxygen atoms in total. The van der Waals surface area contributed by atoms with Crippen LogP contribution in [0.2, 0.25) is 0 Å². The van der Waals surface area contributed by atoms with Crippen LogP contribution in [0.5, 0.6) is 17.2 Å². The van der Waals surface area contributed by atoms with Crippen LogP contribution in [0, 0.1) is 0 Å². The summed E-state index contributed by atoms with van der Waals surface area (Å²) in [6, 6.07) is 22.0. The van der Waals surface area contributed by atoms with Gasteiger partial charge in [0.15, 0.2) is 0 Å². The van der Waals surface area contributed by atoms with Gasteiger partial charge in [-0.1, -0.05) is 6.07 Å². The smallest absolute Gasteiger partial charge is 0.254 e. The summed E-state index contributed by atoms with van der Waals surface area (Å²) >= 11 is 0. The molecule has 200 valence electrons. The molecule has 1 heterocycles. The second-order valence-corrected chi connectivity index (χ2v) is 9.19. The highest BCUT2D eigenvalue weighted by Gasteiger charge is 2.34. The SMILES string of the molecule is COc1ccc(-c2cn(-c3ccc(OC)cc3)c(NC(=O)CN(C(=O)c3cccc(OC)c3)C3CC3)n2)cc1. The number of carbonyl (C=O) groups is 2. The highest BCUT2D eigenvalue weighted by Crippen LogP contribution is 2.30. The Bertz CT molecular complexity index is 1460. The predicted molar refractivity (Wildman–Crippen MR) is 148 cm³/mol. The largest absolute Gasteiger partial charge is 0.497 e. The molecule has 0 unspecified atom stereocenters. The normalized spacial score (nSPS) is 12.5. The highest BCUT2D eigenvalue weighted by molar-refractivity contribution is 5.99. The molecule has 0 saturated heterocycles. The standard InChI is InChI=1S/C30H30N4O5/c1-37-24-13-7-20(8-14-24)27-18-34(23-11-15-25(38-2)16-12-23)30(31-27)32-28(35)19-33(22-9-10-22)29(36)21-5-4-6-26(17-21)39-3/h4-8,11-18,22H,9-10,19H2,1-3H3,(H,31,32,35). The fourth-order valence-corrected chi connectivity index (χ4v) is 4.30. The van der Waals surface area contributed by atoms with Crippen LogP contribution in [0.15, 0.2) is 79.0 Å². The lowest BCUT2D eigenvalue weighted by Gasteiger charge is -2.22. The van der Waals surface area contributed by atoms with E-state index in [1.165, 1.54) is 0 Å². The molecule has 3 aromatic carbocycles. The Labute approximate surface area is 226 Å². The fraction of sp³-hybridized carbons (Fsp3) is 0.233. The van der Waals surface area contributed by atoms with Crippen LogP contribution in [-0.2, 0) is 4.79 Å². The van der Waals surface area contributed by atoms with Gasteiger partial charge >= 0.3 is 0 Å². The maximum atomic E-state index is 13.3. The first-order valence-corrected chi connectivity index (χ1v) is 12.6. The maximum absolute atomic E-state index is 13.3. The quantitative estimate of drug-likeness (QED) is 0.319. The Hall–Kier alpha value is -4.79. The van der Waals surface area contributed by atoms with Crippen molar-refractivity contribution in [3.63, 3.8) is 0 Å². The van der Waals surface area contributed by atoms with Crippen molar-refractivity contribution in [2.45, 2.75) is 18.9 Å². The molecule has 39 heavy (non-hydrogen) atoms. The first-order valence-electron chi connectivity index (χ1n) is 12.6. The predicted octanol–water partition coefficient (Wildman–Crippen LogP) is 4.81. The summed E-state index contributed by atoms with van der Waals surface area (Å²) in [5.74, 6) is 1.86. The van der Waals surface area contributed by atoms with Crippen LogP contribution in [-0.4, -0.2) is 60.2 Å².